The minimum Gasteiger partial charge on any atom is -0.490 e. The lowest BCUT2D eigenvalue weighted by Gasteiger charge is -2.48. The molecule has 0 radical (unpaired) electrons. The van der Waals surface area contributed by atoms with Gasteiger partial charge >= 0.3 is 5.97 Å². The summed E-state index contributed by atoms with van der Waals surface area (Å²) in [5.41, 5.74) is 2.00. The second kappa shape index (κ2) is 15.9. The van der Waals surface area contributed by atoms with E-state index in [0.29, 0.717) is 59.5 Å². The first-order chi connectivity index (χ1) is 24.0. The van der Waals surface area contributed by atoms with Gasteiger partial charge in [0.1, 0.15) is 42.2 Å². The van der Waals surface area contributed by atoms with Crippen LogP contribution in [-0.2, 0) is 27.5 Å². The molecule has 2 aliphatic rings. The molecule has 0 spiro atoms. The molecule has 5 rings (SSSR count). The smallest absolute Gasteiger partial charge is 0.323 e. The molecule has 3 aromatic rings. The maximum absolute atomic E-state index is 14.5. The van der Waals surface area contributed by atoms with Crippen LogP contribution in [0.25, 0.3) is 5.57 Å². The fourth-order valence-electron chi connectivity index (χ4n) is 6.66. The predicted molar refractivity (Wildman–Crippen MR) is 191 cm³/mol. The van der Waals surface area contributed by atoms with Crippen molar-refractivity contribution in [2.45, 2.75) is 46.9 Å². The van der Waals surface area contributed by atoms with Crippen LogP contribution in [0.2, 0.25) is 5.02 Å². The van der Waals surface area contributed by atoms with Gasteiger partial charge in [-0.25, -0.2) is 0 Å². The number of aliphatic carboxylic acids is 1. The van der Waals surface area contributed by atoms with Crippen LogP contribution in [0.5, 0.6) is 11.5 Å². The van der Waals surface area contributed by atoms with Crippen LogP contribution in [0.3, 0.4) is 0 Å². The first kappa shape index (κ1) is 36.6. The number of hydrogen-bond acceptors (Lipinski definition) is 8. The van der Waals surface area contributed by atoms with Gasteiger partial charge in [-0.05, 0) is 37.1 Å². The number of morpholine rings is 1. The number of aromatic nitrogens is 1. The van der Waals surface area contributed by atoms with Gasteiger partial charge in [0, 0.05) is 61.2 Å². The normalized spacial score (nSPS) is 20.0. The molecule has 1 amide bonds. The Kier molecular flexibility index (Phi) is 11.6. The standard InChI is InChI=1S/C39H43ClN4O6/c1-5-43(6-2)37(47)39(14-10-13-31(38(39,3)4)29-11-8-7-9-12-29)26-50-35-19-34(49-24-28-17-27(20-41)21-42-22-28)30(18-32(35)40)23-44-15-16-48-25-33(44)36(45)46/h7-14,17-19,21-22,33H,5-6,15-16,23-26H2,1-4H3,(H,45,46)/t33-,39?/m0/s1. The largest absolute Gasteiger partial charge is 0.490 e. The molecule has 2 atom stereocenters. The molecule has 1 aromatic heterocycles. The Labute approximate surface area is 298 Å². The molecular weight excluding hydrogens is 656 g/mol. The van der Waals surface area contributed by atoms with Gasteiger partial charge < -0.3 is 24.2 Å². The summed E-state index contributed by atoms with van der Waals surface area (Å²) in [4.78, 5) is 34.4. The van der Waals surface area contributed by atoms with Crippen LogP contribution < -0.4 is 9.47 Å². The summed E-state index contributed by atoms with van der Waals surface area (Å²) in [6, 6.07) is 16.4. The predicted octanol–water partition coefficient (Wildman–Crippen LogP) is 6.38. The number of carbonyl (C=O) groups is 2. The van der Waals surface area contributed by atoms with Crippen molar-refractivity contribution in [3.05, 3.63) is 106 Å². The van der Waals surface area contributed by atoms with Crippen molar-refractivity contribution in [1.29, 1.82) is 5.26 Å². The minimum atomic E-state index is -1.09. The van der Waals surface area contributed by atoms with Gasteiger partial charge in [0.05, 0.1) is 23.8 Å². The van der Waals surface area contributed by atoms with Gasteiger partial charge in [-0.3, -0.25) is 19.5 Å². The second-order valence-electron chi connectivity index (χ2n) is 12.9. The van der Waals surface area contributed by atoms with E-state index in [0.717, 1.165) is 11.1 Å². The number of pyridine rings is 1. The topological polar surface area (TPSA) is 125 Å². The maximum atomic E-state index is 14.5. The summed E-state index contributed by atoms with van der Waals surface area (Å²) in [6.07, 6.45) is 9.03. The Bertz CT molecular complexity index is 1800. The van der Waals surface area contributed by atoms with Crippen molar-refractivity contribution < 1.29 is 28.9 Å². The summed E-state index contributed by atoms with van der Waals surface area (Å²) in [5, 5.41) is 19.5. The number of halogens is 1. The number of allylic oxidation sites excluding steroid dienone is 3. The number of ether oxygens (including phenoxy) is 3. The molecule has 1 saturated heterocycles. The third kappa shape index (κ3) is 7.55. The van der Waals surface area contributed by atoms with Crippen LogP contribution in [0.4, 0.5) is 0 Å². The molecule has 1 fully saturated rings. The quantitative estimate of drug-likeness (QED) is 0.216. The van der Waals surface area contributed by atoms with Gasteiger partial charge in [-0.2, -0.15) is 5.26 Å². The summed E-state index contributed by atoms with van der Waals surface area (Å²) >= 11 is 6.92. The fraction of sp³-hybridized carbons (Fsp3) is 0.385. The average Bonchev–Trinajstić information content (AvgIpc) is 3.12. The fourth-order valence-corrected chi connectivity index (χ4v) is 6.90. The average molecular weight is 699 g/mol. The zero-order valence-electron chi connectivity index (χ0n) is 28.9. The number of carboxylic acid groups (broad SMARTS) is 1. The van der Waals surface area contributed by atoms with Gasteiger partial charge in [0.2, 0.25) is 5.91 Å². The number of carboxylic acids is 1. The van der Waals surface area contributed by atoms with E-state index in [2.05, 4.69) is 31.0 Å². The number of nitriles is 1. The van der Waals surface area contributed by atoms with Crippen LogP contribution >= 0.6 is 11.6 Å². The number of hydrogen-bond donors (Lipinski definition) is 1. The highest BCUT2D eigenvalue weighted by Crippen LogP contribution is 2.53. The maximum Gasteiger partial charge on any atom is 0.323 e. The molecule has 2 aromatic carbocycles. The highest BCUT2D eigenvalue weighted by atomic mass is 35.5. The van der Waals surface area contributed by atoms with E-state index in [4.69, 9.17) is 25.8 Å². The molecule has 0 bridgehead atoms. The van der Waals surface area contributed by atoms with Gasteiger partial charge in [0.25, 0.3) is 0 Å². The van der Waals surface area contributed by atoms with Crippen LogP contribution in [-0.4, -0.2) is 77.3 Å². The highest BCUT2D eigenvalue weighted by Gasteiger charge is 2.54. The first-order valence-electron chi connectivity index (χ1n) is 16.8. The van der Waals surface area contributed by atoms with Gasteiger partial charge in [0.15, 0.2) is 0 Å². The summed E-state index contributed by atoms with van der Waals surface area (Å²) in [5.74, 6) is -0.285. The SMILES string of the molecule is CCN(CC)C(=O)C1(COc2cc(OCc3cncc(C#N)c3)c(CN3CCOC[C@H]3C(=O)O)cc2Cl)C=CC=C(c2ccccc2)C1(C)C. The Morgan fingerprint density at radius 3 is 2.58 bits per heavy atom. The summed E-state index contributed by atoms with van der Waals surface area (Å²) in [7, 11) is 0. The Morgan fingerprint density at radius 2 is 1.88 bits per heavy atom. The van der Waals surface area contributed by atoms with Crippen molar-refractivity contribution in [1.82, 2.24) is 14.8 Å². The van der Waals surface area contributed by atoms with Crippen LogP contribution in [0, 0.1) is 22.2 Å². The second-order valence-corrected chi connectivity index (χ2v) is 13.3. The van der Waals surface area contributed by atoms with E-state index in [1.807, 2.05) is 66.1 Å². The van der Waals surface area contributed by atoms with E-state index in [1.165, 1.54) is 6.20 Å². The summed E-state index contributed by atoms with van der Waals surface area (Å²) < 4.78 is 18.3. The molecule has 1 N–H and O–H groups in total. The molecule has 0 saturated carbocycles. The molecule has 1 aliphatic heterocycles. The van der Waals surface area contributed by atoms with E-state index in [9.17, 15) is 20.0 Å². The van der Waals surface area contributed by atoms with E-state index < -0.39 is 22.8 Å². The van der Waals surface area contributed by atoms with Crippen molar-refractivity contribution >= 4 is 29.1 Å². The molecular formula is C39H43ClN4O6. The third-order valence-corrected chi connectivity index (χ3v) is 10.0. The van der Waals surface area contributed by atoms with Crippen molar-refractivity contribution in [3.63, 3.8) is 0 Å². The lowest BCUT2D eigenvalue weighted by Crippen LogP contribution is -2.55. The molecule has 1 unspecified atom stereocenters. The van der Waals surface area contributed by atoms with Crippen LogP contribution in [0.15, 0.2) is 79.2 Å². The Balaban J connectivity index is 1.52. The Morgan fingerprint density at radius 1 is 1.12 bits per heavy atom. The Hall–Kier alpha value is -4.69. The van der Waals surface area contributed by atoms with E-state index in [-0.39, 0.29) is 32.3 Å². The molecule has 262 valence electrons. The zero-order valence-corrected chi connectivity index (χ0v) is 29.7. The number of nitrogens with zero attached hydrogens (tertiary/aromatic N) is 4. The van der Waals surface area contributed by atoms with E-state index >= 15 is 0 Å². The zero-order chi connectivity index (χ0) is 35.9. The molecule has 50 heavy (non-hydrogen) atoms. The number of rotatable bonds is 13. The van der Waals surface area contributed by atoms with Crippen molar-refractivity contribution in [2.75, 3.05) is 39.5 Å². The molecule has 10 nitrogen and oxygen atoms in total. The van der Waals surface area contributed by atoms with Gasteiger partial charge in [-0.1, -0.05) is 74.0 Å². The highest BCUT2D eigenvalue weighted by molar-refractivity contribution is 6.32. The molecule has 11 heteroatoms. The van der Waals surface area contributed by atoms with E-state index in [1.54, 1.807) is 24.4 Å². The molecule has 2 heterocycles. The monoisotopic (exact) mass is 698 g/mol. The lowest BCUT2D eigenvalue weighted by molar-refractivity contribution is -0.150. The first-order valence-corrected chi connectivity index (χ1v) is 17.1. The summed E-state index contributed by atoms with van der Waals surface area (Å²) in [6.45, 7) is 10.4. The van der Waals surface area contributed by atoms with Crippen molar-refractivity contribution in [3.8, 4) is 17.6 Å². The number of amides is 1. The van der Waals surface area contributed by atoms with Crippen LogP contribution in [0.1, 0.15) is 49.9 Å². The van der Waals surface area contributed by atoms with Crippen molar-refractivity contribution in [2.24, 2.45) is 10.8 Å². The third-order valence-electron chi connectivity index (χ3n) is 9.74. The molecule has 1 aliphatic carbocycles. The number of benzene rings is 2. The van der Waals surface area contributed by atoms with Gasteiger partial charge in [-0.15, -0.1) is 0 Å². The minimum absolute atomic E-state index is 0.00675. The lowest BCUT2D eigenvalue weighted by atomic mass is 9.58. The number of carbonyl (C=O) groups excluding carboxylic acids is 1.